The fraction of sp³-hybridized carbons (Fsp3) is 0.550. The standard InChI is InChI=1S/C20H32N4O3/c1-7-24(13-19(27)23-20(4,5)6)12-18(26)21-11-17(25)22-16-10-8-9-14(2)15(16)3/h8-10H,7,11-13H2,1-6H3,(H,21,26)(H,22,25)(H,23,27)/p+1. The van der Waals surface area contributed by atoms with Gasteiger partial charge in [0.2, 0.25) is 5.91 Å². The van der Waals surface area contributed by atoms with Crippen LogP contribution in [0.4, 0.5) is 5.69 Å². The van der Waals surface area contributed by atoms with Gasteiger partial charge in [0.05, 0.1) is 13.1 Å². The zero-order chi connectivity index (χ0) is 20.6. The molecule has 0 aliphatic carbocycles. The van der Waals surface area contributed by atoms with Gasteiger partial charge in [0.25, 0.3) is 11.8 Å². The number of likely N-dealkylation sites (N-methyl/N-ethyl adjacent to an activating group) is 1. The van der Waals surface area contributed by atoms with Gasteiger partial charge in [0.1, 0.15) is 0 Å². The lowest BCUT2D eigenvalue weighted by molar-refractivity contribution is -0.881. The van der Waals surface area contributed by atoms with Crippen molar-refractivity contribution in [2.75, 3.05) is 31.5 Å². The number of carbonyl (C=O) groups is 3. The Bertz CT molecular complexity index is 680. The molecule has 1 aromatic rings. The van der Waals surface area contributed by atoms with Crippen molar-refractivity contribution in [3.8, 4) is 0 Å². The van der Waals surface area contributed by atoms with Crippen LogP contribution in [0.2, 0.25) is 0 Å². The minimum absolute atomic E-state index is 0.0974. The molecule has 1 unspecified atom stereocenters. The molecule has 27 heavy (non-hydrogen) atoms. The third kappa shape index (κ3) is 8.68. The van der Waals surface area contributed by atoms with E-state index in [4.69, 9.17) is 0 Å². The summed E-state index contributed by atoms with van der Waals surface area (Å²) >= 11 is 0. The molecule has 4 N–H and O–H groups in total. The predicted octanol–water partition coefficient (Wildman–Crippen LogP) is 0.178. The molecule has 0 fully saturated rings. The van der Waals surface area contributed by atoms with Crippen LogP contribution in [0.5, 0.6) is 0 Å². The maximum atomic E-state index is 12.1. The molecule has 0 aromatic heterocycles. The Kier molecular flexibility index (Phi) is 8.43. The molecule has 0 heterocycles. The summed E-state index contributed by atoms with van der Waals surface area (Å²) in [6, 6.07) is 5.69. The second kappa shape index (κ2) is 10.1. The normalized spacial score (nSPS) is 12.2. The van der Waals surface area contributed by atoms with Gasteiger partial charge >= 0.3 is 0 Å². The Balaban J connectivity index is 2.45. The Morgan fingerprint density at radius 1 is 1.00 bits per heavy atom. The van der Waals surface area contributed by atoms with Crippen molar-refractivity contribution >= 4 is 23.4 Å². The molecule has 150 valence electrons. The average molecular weight is 378 g/mol. The maximum absolute atomic E-state index is 12.1. The number of rotatable bonds is 8. The number of hydrogen-bond donors (Lipinski definition) is 4. The van der Waals surface area contributed by atoms with E-state index < -0.39 is 0 Å². The lowest BCUT2D eigenvalue weighted by Gasteiger charge is -2.23. The summed E-state index contributed by atoms with van der Waals surface area (Å²) in [5.41, 5.74) is 2.54. The second-order valence-electron chi connectivity index (χ2n) is 7.83. The summed E-state index contributed by atoms with van der Waals surface area (Å²) in [5.74, 6) is -0.632. The van der Waals surface area contributed by atoms with Crippen molar-refractivity contribution in [1.82, 2.24) is 10.6 Å². The lowest BCUT2D eigenvalue weighted by Crippen LogP contribution is -3.14. The van der Waals surface area contributed by atoms with E-state index in [9.17, 15) is 14.4 Å². The van der Waals surface area contributed by atoms with Gasteiger partial charge in [0.15, 0.2) is 13.1 Å². The van der Waals surface area contributed by atoms with Crippen LogP contribution in [0.25, 0.3) is 0 Å². The van der Waals surface area contributed by atoms with Crippen LogP contribution in [-0.4, -0.2) is 49.4 Å². The molecule has 0 bridgehead atoms. The van der Waals surface area contributed by atoms with Gasteiger partial charge in [-0.05, 0) is 58.7 Å². The zero-order valence-electron chi connectivity index (χ0n) is 17.3. The van der Waals surface area contributed by atoms with E-state index in [-0.39, 0.29) is 42.9 Å². The molecule has 3 amide bonds. The highest BCUT2D eigenvalue weighted by atomic mass is 16.2. The summed E-state index contributed by atoms with van der Waals surface area (Å²) < 4.78 is 0. The largest absolute Gasteiger partial charge is 0.347 e. The third-order valence-electron chi connectivity index (χ3n) is 4.16. The van der Waals surface area contributed by atoms with E-state index in [1.54, 1.807) is 0 Å². The monoisotopic (exact) mass is 377 g/mol. The second-order valence-corrected chi connectivity index (χ2v) is 7.83. The molecule has 0 aliphatic heterocycles. The number of anilines is 1. The first-order valence-corrected chi connectivity index (χ1v) is 9.29. The summed E-state index contributed by atoms with van der Waals surface area (Å²) in [5, 5.41) is 8.32. The molecular formula is C20H33N4O3+. The number of carbonyl (C=O) groups excluding carboxylic acids is 3. The molecule has 0 saturated heterocycles. The molecular weight excluding hydrogens is 344 g/mol. The molecule has 0 radical (unpaired) electrons. The Labute approximate surface area is 161 Å². The highest BCUT2D eigenvalue weighted by Crippen LogP contribution is 2.17. The summed E-state index contributed by atoms with van der Waals surface area (Å²) in [6.07, 6.45) is 0. The van der Waals surface area contributed by atoms with E-state index in [0.717, 1.165) is 21.7 Å². The van der Waals surface area contributed by atoms with Crippen LogP contribution >= 0.6 is 0 Å². The number of hydrogen-bond acceptors (Lipinski definition) is 3. The predicted molar refractivity (Wildman–Crippen MR) is 107 cm³/mol. The Morgan fingerprint density at radius 2 is 1.63 bits per heavy atom. The van der Waals surface area contributed by atoms with E-state index in [1.807, 2.05) is 59.7 Å². The molecule has 0 saturated carbocycles. The summed E-state index contributed by atoms with van der Waals surface area (Å²) in [6.45, 7) is 12.5. The third-order valence-corrected chi connectivity index (χ3v) is 4.16. The minimum Gasteiger partial charge on any atom is -0.347 e. The van der Waals surface area contributed by atoms with Crippen LogP contribution in [0.1, 0.15) is 38.8 Å². The topological polar surface area (TPSA) is 91.7 Å². The molecule has 7 nitrogen and oxygen atoms in total. The van der Waals surface area contributed by atoms with Gasteiger partial charge in [-0.3, -0.25) is 14.4 Å². The first kappa shape index (κ1) is 22.6. The van der Waals surface area contributed by atoms with E-state index >= 15 is 0 Å². The maximum Gasteiger partial charge on any atom is 0.275 e. The van der Waals surface area contributed by atoms with E-state index in [0.29, 0.717) is 6.54 Å². The minimum atomic E-state index is -0.301. The van der Waals surface area contributed by atoms with Gasteiger partial charge in [0, 0.05) is 11.2 Å². The molecule has 1 atom stereocenters. The SMILES string of the molecule is CC[NH+](CC(=O)NCC(=O)Nc1cccc(C)c1C)CC(=O)NC(C)(C)C. The fourth-order valence-electron chi connectivity index (χ4n) is 2.55. The number of aryl methyl sites for hydroxylation is 1. The molecule has 7 heteroatoms. The van der Waals surface area contributed by atoms with Crippen molar-refractivity contribution in [3.05, 3.63) is 29.3 Å². The number of quaternary nitrogens is 1. The first-order chi connectivity index (χ1) is 12.5. The van der Waals surface area contributed by atoms with Gasteiger partial charge in [-0.15, -0.1) is 0 Å². The van der Waals surface area contributed by atoms with Gasteiger partial charge in [-0.2, -0.15) is 0 Å². The highest BCUT2D eigenvalue weighted by molar-refractivity contribution is 5.95. The van der Waals surface area contributed by atoms with E-state index in [1.165, 1.54) is 0 Å². The molecule has 1 aromatic carbocycles. The molecule has 0 aliphatic rings. The summed E-state index contributed by atoms with van der Waals surface area (Å²) in [4.78, 5) is 37.0. The van der Waals surface area contributed by atoms with Crippen LogP contribution in [0, 0.1) is 13.8 Å². The summed E-state index contributed by atoms with van der Waals surface area (Å²) in [7, 11) is 0. The number of amides is 3. The lowest BCUT2D eigenvalue weighted by atomic mass is 10.1. The zero-order valence-corrected chi connectivity index (χ0v) is 17.3. The molecule has 0 spiro atoms. The van der Waals surface area contributed by atoms with Gasteiger partial charge < -0.3 is 20.9 Å². The van der Waals surface area contributed by atoms with Crippen molar-refractivity contribution in [3.63, 3.8) is 0 Å². The molecule has 1 rings (SSSR count). The fourth-order valence-corrected chi connectivity index (χ4v) is 2.55. The average Bonchev–Trinajstić information content (AvgIpc) is 2.55. The Hall–Kier alpha value is -2.41. The highest BCUT2D eigenvalue weighted by Gasteiger charge is 2.20. The van der Waals surface area contributed by atoms with Crippen molar-refractivity contribution < 1.29 is 19.3 Å². The smallest absolute Gasteiger partial charge is 0.275 e. The van der Waals surface area contributed by atoms with Crippen molar-refractivity contribution in [1.29, 1.82) is 0 Å². The van der Waals surface area contributed by atoms with Gasteiger partial charge in [-0.1, -0.05) is 12.1 Å². The quantitative estimate of drug-likeness (QED) is 0.521. The van der Waals surface area contributed by atoms with E-state index in [2.05, 4.69) is 16.0 Å². The van der Waals surface area contributed by atoms with Crippen LogP contribution in [0.15, 0.2) is 18.2 Å². The van der Waals surface area contributed by atoms with Crippen LogP contribution < -0.4 is 20.9 Å². The van der Waals surface area contributed by atoms with Crippen LogP contribution in [-0.2, 0) is 14.4 Å². The van der Waals surface area contributed by atoms with Gasteiger partial charge in [-0.25, -0.2) is 0 Å². The van der Waals surface area contributed by atoms with Crippen LogP contribution in [0.3, 0.4) is 0 Å². The Morgan fingerprint density at radius 3 is 2.22 bits per heavy atom. The number of benzene rings is 1. The number of nitrogens with one attached hydrogen (secondary N) is 4. The van der Waals surface area contributed by atoms with Crippen molar-refractivity contribution in [2.45, 2.75) is 47.1 Å². The first-order valence-electron chi connectivity index (χ1n) is 9.29. The van der Waals surface area contributed by atoms with Crippen molar-refractivity contribution in [2.24, 2.45) is 0 Å².